The Hall–Kier alpha value is -4.11. The number of aromatic nitrogens is 4. The zero-order chi connectivity index (χ0) is 23.9. The zero-order valence-electron chi connectivity index (χ0n) is 18.3. The van der Waals surface area contributed by atoms with Crippen LogP contribution in [0.5, 0.6) is 5.88 Å². The summed E-state index contributed by atoms with van der Waals surface area (Å²) in [6.45, 7) is 3.55. The van der Waals surface area contributed by atoms with Gasteiger partial charge in [-0.2, -0.15) is 13.5 Å². The molecule has 0 amide bonds. The van der Waals surface area contributed by atoms with E-state index in [0.29, 0.717) is 22.6 Å². The quantitative estimate of drug-likeness (QED) is 0.334. The Balaban J connectivity index is 1.79. The maximum atomic E-state index is 14.9. The molecule has 0 saturated carbocycles. The standard InChI is InChI=1S/C25H19FN4O3S/c1-16-12-14-19(15-13-16)34(31,32)33-25-22(20-10-6-7-11-21(20)26)23-17(2)27-28-24(30(23)29-25)18-8-4-3-5-9-18/h3-15H,1-2H3. The molecule has 0 fully saturated rings. The number of fused-ring (bicyclic) bond motifs is 1. The van der Waals surface area contributed by atoms with Crippen LogP contribution in [-0.2, 0) is 10.1 Å². The Morgan fingerprint density at radius 2 is 1.53 bits per heavy atom. The predicted molar refractivity (Wildman–Crippen MR) is 125 cm³/mol. The molecule has 7 nitrogen and oxygen atoms in total. The summed E-state index contributed by atoms with van der Waals surface area (Å²) in [5.74, 6) is -0.449. The van der Waals surface area contributed by atoms with Crippen molar-refractivity contribution in [2.75, 3.05) is 0 Å². The monoisotopic (exact) mass is 474 g/mol. The predicted octanol–water partition coefficient (Wildman–Crippen LogP) is 4.98. The van der Waals surface area contributed by atoms with E-state index >= 15 is 0 Å². The molecule has 0 saturated heterocycles. The average molecular weight is 475 g/mol. The topological polar surface area (TPSA) is 86.5 Å². The minimum absolute atomic E-state index is 0.0362. The fourth-order valence-corrected chi connectivity index (χ4v) is 4.58. The van der Waals surface area contributed by atoms with Gasteiger partial charge in [0.25, 0.3) is 5.88 Å². The molecular formula is C25H19FN4O3S. The smallest absolute Gasteiger partial charge is 0.340 e. The molecule has 5 rings (SSSR count). The number of aryl methyl sites for hydroxylation is 2. The zero-order valence-corrected chi connectivity index (χ0v) is 19.1. The Bertz CT molecular complexity index is 1620. The minimum atomic E-state index is -4.25. The largest absolute Gasteiger partial charge is 0.356 e. The molecule has 0 aliphatic carbocycles. The lowest BCUT2D eigenvalue weighted by atomic mass is 10.1. The molecule has 0 unspecified atom stereocenters. The van der Waals surface area contributed by atoms with Gasteiger partial charge >= 0.3 is 10.1 Å². The Morgan fingerprint density at radius 1 is 0.853 bits per heavy atom. The van der Waals surface area contributed by atoms with Gasteiger partial charge in [0.15, 0.2) is 5.82 Å². The number of rotatable bonds is 5. The van der Waals surface area contributed by atoms with Gasteiger partial charge in [-0.15, -0.1) is 10.2 Å². The number of hydrogen-bond acceptors (Lipinski definition) is 6. The van der Waals surface area contributed by atoms with E-state index in [4.69, 9.17) is 4.18 Å². The molecule has 0 aliphatic heterocycles. The van der Waals surface area contributed by atoms with Gasteiger partial charge in [0, 0.05) is 11.1 Å². The minimum Gasteiger partial charge on any atom is -0.356 e. The molecule has 9 heteroatoms. The molecule has 0 aliphatic rings. The maximum Gasteiger partial charge on any atom is 0.340 e. The van der Waals surface area contributed by atoms with Crippen LogP contribution in [0, 0.1) is 19.7 Å². The molecule has 170 valence electrons. The van der Waals surface area contributed by atoms with Gasteiger partial charge in [0.1, 0.15) is 16.2 Å². The first-order chi connectivity index (χ1) is 16.3. The van der Waals surface area contributed by atoms with E-state index in [-0.39, 0.29) is 21.9 Å². The van der Waals surface area contributed by atoms with Crippen molar-refractivity contribution in [3.05, 3.63) is 95.9 Å². The summed E-state index contributed by atoms with van der Waals surface area (Å²) in [6.07, 6.45) is 0. The number of halogens is 1. The Kier molecular flexibility index (Phi) is 5.33. The van der Waals surface area contributed by atoms with Crippen LogP contribution in [0.3, 0.4) is 0 Å². The van der Waals surface area contributed by atoms with Crippen LogP contribution in [0.1, 0.15) is 11.3 Å². The second-order valence-corrected chi connectivity index (χ2v) is 9.29. The van der Waals surface area contributed by atoms with Gasteiger partial charge in [-0.1, -0.05) is 66.2 Å². The van der Waals surface area contributed by atoms with Crippen molar-refractivity contribution in [2.45, 2.75) is 18.7 Å². The van der Waals surface area contributed by atoms with Crippen LogP contribution >= 0.6 is 0 Å². The van der Waals surface area contributed by atoms with Gasteiger partial charge < -0.3 is 4.18 Å². The number of nitrogens with zero attached hydrogens (tertiary/aromatic N) is 4. The maximum absolute atomic E-state index is 14.9. The third kappa shape index (κ3) is 3.80. The lowest BCUT2D eigenvalue weighted by molar-refractivity contribution is 0.474. The van der Waals surface area contributed by atoms with Gasteiger partial charge in [0.2, 0.25) is 0 Å². The molecule has 0 N–H and O–H groups in total. The lowest BCUT2D eigenvalue weighted by Crippen LogP contribution is -2.11. The van der Waals surface area contributed by atoms with E-state index in [1.807, 2.05) is 37.3 Å². The molecule has 0 radical (unpaired) electrons. The molecule has 2 heterocycles. The molecule has 5 aromatic rings. The van der Waals surface area contributed by atoms with Crippen LogP contribution < -0.4 is 4.18 Å². The Morgan fingerprint density at radius 3 is 2.24 bits per heavy atom. The summed E-state index contributed by atoms with van der Waals surface area (Å²) in [7, 11) is -4.25. The highest BCUT2D eigenvalue weighted by molar-refractivity contribution is 7.87. The van der Waals surface area contributed by atoms with E-state index in [2.05, 4.69) is 15.3 Å². The molecule has 2 aromatic heterocycles. The van der Waals surface area contributed by atoms with Crippen molar-refractivity contribution < 1.29 is 17.0 Å². The summed E-state index contributed by atoms with van der Waals surface area (Å²) in [5.41, 5.74) is 2.76. The summed E-state index contributed by atoms with van der Waals surface area (Å²) < 4.78 is 48.1. The summed E-state index contributed by atoms with van der Waals surface area (Å²) in [4.78, 5) is -0.0362. The van der Waals surface area contributed by atoms with Crippen LogP contribution in [0.2, 0.25) is 0 Å². The van der Waals surface area contributed by atoms with E-state index in [0.717, 1.165) is 5.56 Å². The van der Waals surface area contributed by atoms with Crippen LogP contribution in [0.4, 0.5) is 4.39 Å². The summed E-state index contributed by atoms with van der Waals surface area (Å²) >= 11 is 0. The first-order valence-corrected chi connectivity index (χ1v) is 11.8. The van der Waals surface area contributed by atoms with Gasteiger partial charge in [-0.25, -0.2) is 8.91 Å². The normalized spacial score (nSPS) is 11.6. The van der Waals surface area contributed by atoms with Crippen molar-refractivity contribution in [3.8, 4) is 28.4 Å². The highest BCUT2D eigenvalue weighted by Crippen LogP contribution is 2.38. The molecular weight excluding hydrogens is 455 g/mol. The first kappa shape index (κ1) is 21.7. The summed E-state index contributed by atoms with van der Waals surface area (Å²) in [6, 6.07) is 21.5. The third-order valence-corrected chi connectivity index (χ3v) is 6.59. The highest BCUT2D eigenvalue weighted by Gasteiger charge is 2.28. The number of benzene rings is 3. The van der Waals surface area contributed by atoms with E-state index in [9.17, 15) is 12.8 Å². The molecule has 3 aromatic carbocycles. The lowest BCUT2D eigenvalue weighted by Gasteiger charge is -2.08. The van der Waals surface area contributed by atoms with Gasteiger partial charge in [-0.3, -0.25) is 0 Å². The van der Waals surface area contributed by atoms with Crippen molar-refractivity contribution in [1.82, 2.24) is 19.8 Å². The van der Waals surface area contributed by atoms with Crippen LogP contribution in [0.15, 0.2) is 83.8 Å². The first-order valence-electron chi connectivity index (χ1n) is 10.4. The number of hydrogen-bond donors (Lipinski definition) is 0. The molecule has 34 heavy (non-hydrogen) atoms. The van der Waals surface area contributed by atoms with Crippen molar-refractivity contribution in [1.29, 1.82) is 0 Å². The van der Waals surface area contributed by atoms with E-state index in [1.165, 1.54) is 22.7 Å². The third-order valence-electron chi connectivity index (χ3n) is 5.36. The molecule has 0 bridgehead atoms. The second kappa shape index (κ2) is 8.35. The second-order valence-electron chi connectivity index (χ2n) is 7.75. The molecule has 0 spiro atoms. The fraction of sp³-hybridized carbons (Fsp3) is 0.0800. The summed E-state index contributed by atoms with van der Waals surface area (Å²) in [5, 5.41) is 12.9. The van der Waals surface area contributed by atoms with E-state index in [1.54, 1.807) is 37.3 Å². The van der Waals surface area contributed by atoms with Crippen molar-refractivity contribution >= 4 is 15.6 Å². The van der Waals surface area contributed by atoms with Crippen molar-refractivity contribution in [2.24, 2.45) is 0 Å². The average Bonchev–Trinajstić information content (AvgIpc) is 3.19. The highest BCUT2D eigenvalue weighted by atomic mass is 32.2. The van der Waals surface area contributed by atoms with Crippen LogP contribution in [-0.4, -0.2) is 28.2 Å². The van der Waals surface area contributed by atoms with Gasteiger partial charge in [-0.05, 0) is 32.0 Å². The van der Waals surface area contributed by atoms with Crippen LogP contribution in [0.25, 0.3) is 28.0 Å². The fourth-order valence-electron chi connectivity index (χ4n) is 3.69. The van der Waals surface area contributed by atoms with E-state index < -0.39 is 15.9 Å². The molecule has 0 atom stereocenters. The van der Waals surface area contributed by atoms with Gasteiger partial charge in [0.05, 0.1) is 11.3 Å². The van der Waals surface area contributed by atoms with Crippen molar-refractivity contribution in [3.63, 3.8) is 0 Å². The Labute approximate surface area is 195 Å². The SMILES string of the molecule is Cc1ccc(S(=O)(=O)Oc2nn3c(-c4ccccc4)nnc(C)c3c2-c2ccccc2F)cc1.